The lowest BCUT2D eigenvalue weighted by Gasteiger charge is -2.47. The molecule has 2 unspecified atom stereocenters. The van der Waals surface area contributed by atoms with Gasteiger partial charge in [-0.25, -0.2) is 0 Å². The maximum atomic E-state index is 11.1. The highest BCUT2D eigenvalue weighted by atomic mass is 31.1. The van der Waals surface area contributed by atoms with Crippen LogP contribution in [0.5, 0.6) is 0 Å². The molecule has 0 amide bonds. The fourth-order valence-electron chi connectivity index (χ4n) is 2.60. The minimum absolute atomic E-state index is 0.428. The van der Waals surface area contributed by atoms with Crippen LogP contribution in [0.2, 0.25) is 0 Å². The number of rotatable bonds is 9. The van der Waals surface area contributed by atoms with Gasteiger partial charge in [0.25, 0.3) is 0 Å². The van der Waals surface area contributed by atoms with E-state index >= 15 is 0 Å². The highest BCUT2D eigenvalue weighted by Gasteiger charge is 2.51. The Kier molecular flexibility index (Phi) is 7.91. The molecule has 110 valence electrons. The Labute approximate surface area is 110 Å². The van der Waals surface area contributed by atoms with Crippen LogP contribution in [-0.4, -0.2) is 21.0 Å². The number of hydrogen-bond donors (Lipinski definition) is 2. The van der Waals surface area contributed by atoms with Gasteiger partial charge in [0, 0.05) is 0 Å². The Morgan fingerprint density at radius 3 is 1.11 bits per heavy atom. The van der Waals surface area contributed by atoms with Crippen LogP contribution in [0.3, 0.4) is 0 Å². The predicted octanol–water partition coefficient (Wildman–Crippen LogP) is 2.90. The molecule has 0 saturated carbocycles. The molecule has 0 spiro atoms. The molecular weight excluding hydrogens is 278 g/mol. The summed E-state index contributed by atoms with van der Waals surface area (Å²) in [5, 5.41) is 0. The van der Waals surface area contributed by atoms with Crippen LogP contribution in [0.25, 0.3) is 0 Å². The van der Waals surface area contributed by atoms with Gasteiger partial charge in [0.15, 0.2) is 0 Å². The van der Waals surface area contributed by atoms with Gasteiger partial charge in [0.1, 0.15) is 11.2 Å². The Hall–Kier alpha value is 0.300. The molecule has 0 aliphatic rings. The van der Waals surface area contributed by atoms with Crippen molar-refractivity contribution >= 4 is 16.5 Å². The first kappa shape index (κ1) is 18.3. The molecule has 0 heterocycles. The van der Waals surface area contributed by atoms with E-state index in [1.807, 2.05) is 27.7 Å². The molecule has 0 radical (unpaired) electrons. The first-order valence-corrected chi connectivity index (χ1v) is 8.69. The molecule has 6 nitrogen and oxygen atoms in total. The van der Waals surface area contributed by atoms with Crippen LogP contribution in [0.4, 0.5) is 0 Å². The molecule has 2 N–H and O–H groups in total. The summed E-state index contributed by atoms with van der Waals surface area (Å²) in [6.45, 7) is 7.25. The van der Waals surface area contributed by atoms with E-state index in [-0.39, 0.29) is 0 Å². The van der Waals surface area contributed by atoms with Crippen molar-refractivity contribution in [1.29, 1.82) is 0 Å². The van der Waals surface area contributed by atoms with Crippen LogP contribution in [0.1, 0.15) is 53.4 Å². The highest BCUT2D eigenvalue weighted by molar-refractivity contribution is 7.32. The summed E-state index contributed by atoms with van der Waals surface area (Å²) in [6.07, 6.45) is 1.71. The summed E-state index contributed by atoms with van der Waals surface area (Å²) in [5.41, 5.74) is -2.05. The van der Waals surface area contributed by atoms with Crippen LogP contribution in [-0.2, 0) is 18.2 Å². The van der Waals surface area contributed by atoms with Gasteiger partial charge in [-0.15, -0.1) is 0 Å². The first-order valence-electron chi connectivity index (χ1n) is 6.16. The fourth-order valence-corrected chi connectivity index (χ4v) is 4.22. The zero-order chi connectivity index (χ0) is 14.4. The van der Waals surface area contributed by atoms with Gasteiger partial charge in [-0.2, -0.15) is 0 Å². The predicted molar refractivity (Wildman–Crippen MR) is 71.2 cm³/mol. The molecule has 0 saturated heterocycles. The van der Waals surface area contributed by atoms with E-state index in [0.717, 1.165) is 0 Å². The molecule has 0 aromatic carbocycles. The van der Waals surface area contributed by atoms with E-state index in [2.05, 4.69) is 0 Å². The smallest absolute Gasteiger partial charge is 0.317 e. The van der Waals surface area contributed by atoms with E-state index < -0.39 is 27.7 Å². The number of hydrogen-bond acceptors (Lipinski definition) is 4. The Morgan fingerprint density at radius 1 is 0.778 bits per heavy atom. The molecule has 0 aromatic heterocycles. The van der Waals surface area contributed by atoms with Crippen LogP contribution < -0.4 is 0 Å². The molecule has 0 fully saturated rings. The third kappa shape index (κ3) is 3.89. The van der Waals surface area contributed by atoms with Gasteiger partial charge >= 0.3 is 16.5 Å². The van der Waals surface area contributed by atoms with Crippen molar-refractivity contribution in [2.75, 3.05) is 0 Å². The van der Waals surface area contributed by atoms with Gasteiger partial charge in [-0.3, -0.25) is 9.13 Å². The van der Waals surface area contributed by atoms with Crippen LogP contribution >= 0.6 is 16.5 Å². The monoisotopic (exact) mass is 302 g/mol. The molecule has 0 aliphatic carbocycles. The third-order valence-corrected chi connectivity index (χ3v) is 4.81. The minimum Gasteiger partial charge on any atom is -0.326 e. The zero-order valence-corrected chi connectivity index (χ0v) is 13.4. The van der Waals surface area contributed by atoms with Gasteiger partial charge in [-0.05, 0) is 25.7 Å². The van der Waals surface area contributed by atoms with Gasteiger partial charge in [-0.1, -0.05) is 27.7 Å². The van der Waals surface area contributed by atoms with E-state index in [9.17, 15) is 9.13 Å². The van der Waals surface area contributed by atoms with Crippen molar-refractivity contribution in [2.24, 2.45) is 0 Å². The molecule has 18 heavy (non-hydrogen) atoms. The van der Waals surface area contributed by atoms with Gasteiger partial charge in [0.2, 0.25) is 0 Å². The van der Waals surface area contributed by atoms with Crippen LogP contribution in [0.15, 0.2) is 0 Å². The highest BCUT2D eigenvalue weighted by Crippen LogP contribution is 2.48. The third-order valence-electron chi connectivity index (χ3n) is 3.68. The van der Waals surface area contributed by atoms with Crippen molar-refractivity contribution in [2.45, 2.75) is 64.6 Å². The molecule has 0 bridgehead atoms. The average molecular weight is 302 g/mol. The topological polar surface area (TPSA) is 93.1 Å². The molecule has 0 aromatic rings. The lowest BCUT2D eigenvalue weighted by Crippen LogP contribution is -2.54. The second-order valence-corrected chi connectivity index (χ2v) is 5.61. The van der Waals surface area contributed by atoms with Crippen molar-refractivity contribution in [3.05, 3.63) is 0 Å². The lowest BCUT2D eigenvalue weighted by atomic mass is 9.75. The normalized spacial score (nSPS) is 16.6. The lowest BCUT2D eigenvalue weighted by molar-refractivity contribution is -0.128. The second kappa shape index (κ2) is 7.78. The SMILES string of the molecule is CCC(CC)(O[PH](=O)O)C(CC)(CC)O[PH](=O)O. The Bertz CT molecular complexity index is 269. The average Bonchev–Trinajstić information content (AvgIpc) is 2.32. The minimum atomic E-state index is -3.15. The maximum Gasteiger partial charge on any atom is 0.317 e. The first-order chi connectivity index (χ1) is 8.33. The largest absolute Gasteiger partial charge is 0.326 e. The van der Waals surface area contributed by atoms with E-state index in [4.69, 9.17) is 18.8 Å². The Balaban J connectivity index is 5.59. The summed E-state index contributed by atoms with van der Waals surface area (Å²) in [4.78, 5) is 18.1. The summed E-state index contributed by atoms with van der Waals surface area (Å²) in [7, 11) is -6.31. The zero-order valence-electron chi connectivity index (χ0n) is 11.4. The van der Waals surface area contributed by atoms with Crippen molar-refractivity contribution in [1.82, 2.24) is 0 Å². The van der Waals surface area contributed by atoms with E-state index in [1.54, 1.807) is 0 Å². The van der Waals surface area contributed by atoms with E-state index in [0.29, 0.717) is 25.7 Å². The Morgan fingerprint density at radius 2 is 1.00 bits per heavy atom. The van der Waals surface area contributed by atoms with E-state index in [1.165, 1.54) is 0 Å². The summed E-state index contributed by atoms with van der Waals surface area (Å²) in [5.74, 6) is 0. The van der Waals surface area contributed by atoms with Gasteiger partial charge < -0.3 is 18.8 Å². The van der Waals surface area contributed by atoms with Crippen molar-refractivity contribution in [3.63, 3.8) is 0 Å². The van der Waals surface area contributed by atoms with Gasteiger partial charge in [0.05, 0.1) is 0 Å². The molecular formula is C10H24O6P2. The fraction of sp³-hybridized carbons (Fsp3) is 1.00. The summed E-state index contributed by atoms with van der Waals surface area (Å²) < 4.78 is 32.6. The molecule has 0 rings (SSSR count). The summed E-state index contributed by atoms with van der Waals surface area (Å²) >= 11 is 0. The summed E-state index contributed by atoms with van der Waals surface area (Å²) in [6, 6.07) is 0. The molecule has 8 heteroatoms. The molecule has 0 aliphatic heterocycles. The quantitative estimate of drug-likeness (QED) is 0.636. The standard InChI is InChI=1S/C10H24O6P2/c1-5-9(6-2,15-17(11)12)10(7-3,8-4)16-18(13)14/h17-18H,5-8H2,1-4H3,(H,11,12)(H,13,14). The van der Waals surface area contributed by atoms with Crippen molar-refractivity contribution < 1.29 is 28.0 Å². The molecule has 2 atom stereocenters. The second-order valence-electron chi connectivity index (χ2n) is 4.14. The van der Waals surface area contributed by atoms with Crippen LogP contribution in [0, 0.1) is 0 Å². The van der Waals surface area contributed by atoms with Crippen molar-refractivity contribution in [3.8, 4) is 0 Å². The maximum absolute atomic E-state index is 11.1.